The van der Waals surface area contributed by atoms with Gasteiger partial charge in [0.15, 0.2) is 5.13 Å². The Labute approximate surface area is 227 Å². The third-order valence-electron chi connectivity index (χ3n) is 3.78. The molecular formula is C17H10F5N2Na2O4PS. The summed E-state index contributed by atoms with van der Waals surface area (Å²) in [5, 5.41) is 1.37. The number of benzene rings is 2. The van der Waals surface area contributed by atoms with Gasteiger partial charge in [-0.2, -0.15) is 13.2 Å². The van der Waals surface area contributed by atoms with Gasteiger partial charge in [-0.25, -0.2) is 13.8 Å². The van der Waals surface area contributed by atoms with E-state index < -0.39 is 37.9 Å². The monoisotopic (exact) mass is 510 g/mol. The molecule has 1 aromatic heterocycles. The first-order valence-electron chi connectivity index (χ1n) is 7.96. The first kappa shape index (κ1) is 29.7. The van der Waals surface area contributed by atoms with E-state index in [1.54, 1.807) is 0 Å². The van der Waals surface area contributed by atoms with Gasteiger partial charge < -0.3 is 18.9 Å². The minimum absolute atomic E-state index is 0. The van der Waals surface area contributed by atoms with Crippen molar-refractivity contribution in [3.63, 3.8) is 0 Å². The van der Waals surface area contributed by atoms with E-state index in [0.29, 0.717) is 6.07 Å². The fourth-order valence-electron chi connectivity index (χ4n) is 2.41. The van der Waals surface area contributed by atoms with Gasteiger partial charge in [-0.1, -0.05) is 0 Å². The molecule has 0 radical (unpaired) electrons. The molecule has 0 saturated carbocycles. The minimum atomic E-state index is -5.41. The maximum atomic E-state index is 14.0. The summed E-state index contributed by atoms with van der Waals surface area (Å²) in [5.74, 6) is -1.69. The summed E-state index contributed by atoms with van der Waals surface area (Å²) in [4.78, 5) is 26.9. The summed E-state index contributed by atoms with van der Waals surface area (Å²) < 4.78 is 80.5. The topological polar surface area (TPSA) is 88.5 Å². The zero-order chi connectivity index (χ0) is 22.1. The molecular weight excluding hydrogens is 500 g/mol. The Bertz CT molecular complexity index is 1100. The molecule has 160 valence electrons. The number of anilines is 2. The van der Waals surface area contributed by atoms with Gasteiger partial charge in [0.1, 0.15) is 18.4 Å². The fourth-order valence-corrected chi connectivity index (χ4v) is 3.50. The third-order valence-corrected chi connectivity index (χ3v) is 5.08. The van der Waals surface area contributed by atoms with E-state index in [0.717, 1.165) is 52.6 Å². The SMILES string of the molecule is O=P([O-])([O-])OCN(c1ccc(C(F)(F)F)cc1)c1nc(-c2ccc(F)cc2F)cs1.[Na+].[Na+]. The molecule has 6 nitrogen and oxygen atoms in total. The van der Waals surface area contributed by atoms with Crippen LogP contribution in [-0.4, -0.2) is 11.7 Å². The van der Waals surface area contributed by atoms with Crippen LogP contribution in [0.25, 0.3) is 11.3 Å². The molecule has 0 bridgehead atoms. The smallest absolute Gasteiger partial charge is 0.790 e. The number of hydrogen-bond donors (Lipinski definition) is 0. The van der Waals surface area contributed by atoms with E-state index in [2.05, 4.69) is 9.51 Å². The van der Waals surface area contributed by atoms with Gasteiger partial charge in [-0.3, -0.25) is 4.90 Å². The third kappa shape index (κ3) is 7.85. The van der Waals surface area contributed by atoms with E-state index in [-0.39, 0.29) is 81.2 Å². The molecule has 0 amide bonds. The van der Waals surface area contributed by atoms with Gasteiger partial charge in [0, 0.05) is 22.7 Å². The van der Waals surface area contributed by atoms with Crippen LogP contribution in [0.15, 0.2) is 47.8 Å². The Morgan fingerprint density at radius 2 is 1.69 bits per heavy atom. The minimum Gasteiger partial charge on any atom is -0.790 e. The van der Waals surface area contributed by atoms with Gasteiger partial charge in [0.05, 0.1) is 19.1 Å². The van der Waals surface area contributed by atoms with Crippen LogP contribution in [0.1, 0.15) is 5.56 Å². The normalized spacial score (nSPS) is 11.5. The van der Waals surface area contributed by atoms with E-state index in [4.69, 9.17) is 0 Å². The summed E-state index contributed by atoms with van der Waals surface area (Å²) in [6.45, 7) is -0.867. The van der Waals surface area contributed by atoms with Gasteiger partial charge in [0.2, 0.25) is 0 Å². The number of halogens is 5. The molecule has 3 aromatic rings. The van der Waals surface area contributed by atoms with Crippen molar-refractivity contribution in [2.45, 2.75) is 6.18 Å². The molecule has 2 aromatic carbocycles. The molecule has 0 atom stereocenters. The molecule has 1 heterocycles. The van der Waals surface area contributed by atoms with Crippen LogP contribution >= 0.6 is 19.2 Å². The van der Waals surface area contributed by atoms with Crippen molar-refractivity contribution in [1.29, 1.82) is 0 Å². The molecule has 0 N–H and O–H groups in total. The van der Waals surface area contributed by atoms with E-state index in [1.165, 1.54) is 5.38 Å². The standard InChI is InChI=1S/C17H12F5N2O4PS.2Na/c18-11-3-6-13(14(19)7-11)15-8-30-16(23-15)24(9-28-29(25,26)27)12-4-1-10(2-5-12)17(20,21)22;;/h1-8H,9H2,(H2,25,26,27);;/q;2*+1/p-2. The van der Waals surface area contributed by atoms with Crippen LogP contribution < -0.4 is 73.8 Å². The largest absolute Gasteiger partial charge is 1.00 e. The predicted octanol–water partition coefficient (Wildman–Crippen LogP) is -1.94. The van der Waals surface area contributed by atoms with Crippen molar-refractivity contribution in [1.82, 2.24) is 4.98 Å². The Hall–Kier alpha value is -0.370. The Kier molecular flexibility index (Phi) is 11.0. The summed E-state index contributed by atoms with van der Waals surface area (Å²) in [6.07, 6.45) is -4.59. The predicted molar refractivity (Wildman–Crippen MR) is 94.6 cm³/mol. The van der Waals surface area contributed by atoms with E-state index in [1.807, 2.05) is 0 Å². The average Bonchev–Trinajstić information content (AvgIpc) is 3.10. The second-order valence-corrected chi connectivity index (χ2v) is 7.81. The zero-order valence-electron chi connectivity index (χ0n) is 16.6. The zero-order valence-corrected chi connectivity index (χ0v) is 22.3. The van der Waals surface area contributed by atoms with Crippen LogP contribution in [0, 0.1) is 11.6 Å². The molecule has 15 heteroatoms. The number of phosphoric acid groups is 1. The van der Waals surface area contributed by atoms with Gasteiger partial charge in [-0.15, -0.1) is 11.3 Å². The second-order valence-electron chi connectivity index (χ2n) is 5.82. The first-order chi connectivity index (χ1) is 13.9. The number of thiazole rings is 1. The quantitative estimate of drug-likeness (QED) is 0.166. The van der Waals surface area contributed by atoms with Crippen LogP contribution in [-0.2, 0) is 15.3 Å². The van der Waals surface area contributed by atoms with Crippen LogP contribution in [0.5, 0.6) is 0 Å². The van der Waals surface area contributed by atoms with Crippen molar-refractivity contribution in [2.75, 3.05) is 11.6 Å². The average molecular weight is 510 g/mol. The Morgan fingerprint density at radius 3 is 2.22 bits per heavy atom. The number of hydrogen-bond acceptors (Lipinski definition) is 7. The molecule has 0 aliphatic heterocycles. The molecule has 0 spiro atoms. The van der Waals surface area contributed by atoms with Gasteiger partial charge >= 0.3 is 65.3 Å². The maximum Gasteiger partial charge on any atom is 1.00 e. The van der Waals surface area contributed by atoms with E-state index >= 15 is 0 Å². The molecule has 3 rings (SSSR count). The van der Waals surface area contributed by atoms with Crippen LogP contribution in [0.2, 0.25) is 0 Å². The Morgan fingerprint density at radius 1 is 1.06 bits per heavy atom. The van der Waals surface area contributed by atoms with Crippen molar-refractivity contribution in [3.8, 4) is 11.3 Å². The first-order valence-corrected chi connectivity index (χ1v) is 10.3. The molecule has 0 fully saturated rings. The summed E-state index contributed by atoms with van der Waals surface area (Å²) in [7, 11) is -5.41. The number of nitrogens with zero attached hydrogens (tertiary/aromatic N) is 2. The van der Waals surface area contributed by atoms with Gasteiger partial charge in [0.25, 0.3) is 0 Å². The maximum absolute atomic E-state index is 14.0. The number of phosphoric ester groups is 1. The van der Waals surface area contributed by atoms with E-state index in [9.17, 15) is 36.3 Å². The number of rotatable bonds is 6. The fraction of sp³-hybridized carbons (Fsp3) is 0.118. The summed E-state index contributed by atoms with van der Waals surface area (Å²) in [6, 6.07) is 6.38. The van der Waals surface area contributed by atoms with Crippen molar-refractivity contribution >= 4 is 30.0 Å². The molecule has 0 saturated heterocycles. The van der Waals surface area contributed by atoms with Crippen LogP contribution in [0.3, 0.4) is 0 Å². The van der Waals surface area contributed by atoms with Crippen molar-refractivity contribution < 1.29 is 99.9 Å². The summed E-state index contributed by atoms with van der Waals surface area (Å²) >= 11 is 0.879. The molecule has 0 aliphatic carbocycles. The second kappa shape index (κ2) is 11.9. The van der Waals surface area contributed by atoms with Crippen LogP contribution in [0.4, 0.5) is 32.8 Å². The number of alkyl halides is 3. The summed E-state index contributed by atoms with van der Waals surface area (Å²) in [5.41, 5.74) is -0.891. The molecule has 0 unspecified atom stereocenters. The Balaban J connectivity index is 0.00000256. The number of aromatic nitrogens is 1. The van der Waals surface area contributed by atoms with Gasteiger partial charge in [-0.05, 0) is 36.4 Å². The van der Waals surface area contributed by atoms with Crippen molar-refractivity contribution in [2.24, 2.45) is 0 Å². The van der Waals surface area contributed by atoms with Crippen molar-refractivity contribution in [3.05, 3.63) is 65.0 Å². The molecule has 32 heavy (non-hydrogen) atoms. The molecule has 0 aliphatic rings.